The zero-order chi connectivity index (χ0) is 22.4. The lowest BCUT2D eigenvalue weighted by atomic mass is 10.1. The Balaban J connectivity index is 1.86. The van der Waals surface area contributed by atoms with Gasteiger partial charge in [0.15, 0.2) is 12.4 Å². The van der Waals surface area contributed by atoms with Crippen LogP contribution in [0.3, 0.4) is 0 Å². The maximum Gasteiger partial charge on any atom is 0.355 e. The standard InChI is InChI=1S/C21H25N3O6/c1-11-6-7-16(29-5)15(8-11)24-17(26)9-22-18(27)10-30-21(28)20-12(2)19(14(4)25)13(3)23-20/h6-8,23H,9-10H2,1-5H3,(H,22,27)(H,24,26). The molecule has 2 aromatic rings. The number of aromatic nitrogens is 1. The summed E-state index contributed by atoms with van der Waals surface area (Å²) in [6, 6.07) is 5.32. The summed E-state index contributed by atoms with van der Waals surface area (Å²) >= 11 is 0. The molecule has 2 amide bonds. The number of nitrogens with one attached hydrogen (secondary N) is 3. The molecule has 0 unspecified atom stereocenters. The zero-order valence-corrected chi connectivity index (χ0v) is 17.6. The second-order valence-electron chi connectivity index (χ2n) is 6.79. The number of amides is 2. The second kappa shape index (κ2) is 9.73. The Labute approximate surface area is 174 Å². The third-order valence-electron chi connectivity index (χ3n) is 4.40. The van der Waals surface area contributed by atoms with Crippen LogP contribution >= 0.6 is 0 Å². The van der Waals surface area contributed by atoms with Gasteiger partial charge in [0.05, 0.1) is 19.3 Å². The van der Waals surface area contributed by atoms with Crippen molar-refractivity contribution in [2.45, 2.75) is 27.7 Å². The van der Waals surface area contributed by atoms with E-state index >= 15 is 0 Å². The van der Waals surface area contributed by atoms with Crippen LogP contribution in [0.25, 0.3) is 0 Å². The minimum absolute atomic E-state index is 0.120. The fourth-order valence-electron chi connectivity index (χ4n) is 3.03. The number of Topliss-reactive ketones (excluding diaryl/α,β-unsaturated/α-hetero) is 1. The van der Waals surface area contributed by atoms with Crippen LogP contribution in [0.4, 0.5) is 5.69 Å². The normalized spacial score (nSPS) is 10.3. The van der Waals surface area contributed by atoms with Crippen LogP contribution in [0.2, 0.25) is 0 Å². The van der Waals surface area contributed by atoms with Gasteiger partial charge in [0.1, 0.15) is 11.4 Å². The van der Waals surface area contributed by atoms with Crippen LogP contribution in [0.15, 0.2) is 18.2 Å². The maximum atomic E-state index is 12.2. The Bertz CT molecular complexity index is 993. The number of hydrogen-bond acceptors (Lipinski definition) is 6. The number of benzene rings is 1. The maximum absolute atomic E-state index is 12.2. The topological polar surface area (TPSA) is 127 Å². The van der Waals surface area contributed by atoms with Gasteiger partial charge in [-0.25, -0.2) is 4.79 Å². The molecule has 0 saturated heterocycles. The average Bonchev–Trinajstić information content (AvgIpc) is 2.99. The van der Waals surface area contributed by atoms with E-state index in [-0.39, 0.29) is 18.0 Å². The molecule has 1 aromatic heterocycles. The van der Waals surface area contributed by atoms with Crippen LogP contribution in [0.5, 0.6) is 5.75 Å². The van der Waals surface area contributed by atoms with Crippen molar-refractivity contribution in [3.05, 3.63) is 46.3 Å². The molecule has 30 heavy (non-hydrogen) atoms. The van der Waals surface area contributed by atoms with E-state index in [4.69, 9.17) is 9.47 Å². The van der Waals surface area contributed by atoms with Gasteiger partial charge in [-0.3, -0.25) is 14.4 Å². The number of carbonyl (C=O) groups is 4. The number of esters is 1. The molecule has 0 bridgehead atoms. The van der Waals surface area contributed by atoms with Crippen LogP contribution in [-0.4, -0.2) is 48.8 Å². The molecule has 0 saturated carbocycles. The van der Waals surface area contributed by atoms with Crippen molar-refractivity contribution in [1.82, 2.24) is 10.3 Å². The van der Waals surface area contributed by atoms with Crippen molar-refractivity contribution in [3.63, 3.8) is 0 Å². The van der Waals surface area contributed by atoms with E-state index in [1.165, 1.54) is 14.0 Å². The number of aromatic amines is 1. The SMILES string of the molecule is COc1ccc(C)cc1NC(=O)CNC(=O)COC(=O)c1[nH]c(C)c(C(C)=O)c1C. The van der Waals surface area contributed by atoms with Crippen LogP contribution < -0.4 is 15.4 Å². The first-order chi connectivity index (χ1) is 14.1. The summed E-state index contributed by atoms with van der Waals surface area (Å²) in [5.41, 5.74) is 2.99. The highest BCUT2D eigenvalue weighted by Gasteiger charge is 2.21. The molecular formula is C21H25N3O6. The molecule has 1 heterocycles. The predicted molar refractivity (Wildman–Crippen MR) is 110 cm³/mol. The number of rotatable bonds is 8. The Hall–Kier alpha value is -3.62. The summed E-state index contributed by atoms with van der Waals surface area (Å²) in [4.78, 5) is 50.7. The molecule has 9 heteroatoms. The highest BCUT2D eigenvalue weighted by atomic mass is 16.5. The number of anilines is 1. The summed E-state index contributed by atoms with van der Waals surface area (Å²) in [6.07, 6.45) is 0. The molecular weight excluding hydrogens is 390 g/mol. The minimum atomic E-state index is -0.757. The van der Waals surface area contributed by atoms with Crippen molar-refractivity contribution in [2.75, 3.05) is 25.6 Å². The minimum Gasteiger partial charge on any atom is -0.495 e. The van der Waals surface area contributed by atoms with Gasteiger partial charge in [0.25, 0.3) is 5.91 Å². The van der Waals surface area contributed by atoms with E-state index in [1.807, 2.05) is 13.0 Å². The summed E-state index contributed by atoms with van der Waals surface area (Å²) < 4.78 is 10.2. The average molecular weight is 415 g/mol. The van der Waals surface area contributed by atoms with Gasteiger partial charge in [-0.15, -0.1) is 0 Å². The molecule has 160 valence electrons. The Morgan fingerprint density at radius 3 is 2.37 bits per heavy atom. The van der Waals surface area contributed by atoms with Crippen molar-refractivity contribution in [2.24, 2.45) is 0 Å². The van der Waals surface area contributed by atoms with Crippen LogP contribution in [0, 0.1) is 20.8 Å². The smallest absolute Gasteiger partial charge is 0.355 e. The predicted octanol–water partition coefficient (Wildman–Crippen LogP) is 2.06. The molecule has 0 aliphatic rings. The number of hydrogen-bond donors (Lipinski definition) is 3. The van der Waals surface area contributed by atoms with Gasteiger partial charge in [-0.05, 0) is 51.0 Å². The van der Waals surface area contributed by atoms with Gasteiger partial charge < -0.3 is 25.1 Å². The molecule has 0 fully saturated rings. The number of carbonyl (C=O) groups excluding carboxylic acids is 4. The third kappa shape index (κ3) is 5.47. The number of H-pyrrole nitrogens is 1. The van der Waals surface area contributed by atoms with Crippen molar-refractivity contribution >= 4 is 29.3 Å². The molecule has 1 aromatic carbocycles. The first-order valence-corrected chi connectivity index (χ1v) is 9.22. The quantitative estimate of drug-likeness (QED) is 0.447. The van der Waals surface area contributed by atoms with E-state index in [0.717, 1.165) is 5.56 Å². The molecule has 2 rings (SSSR count). The van der Waals surface area contributed by atoms with Gasteiger partial charge in [-0.1, -0.05) is 6.07 Å². The van der Waals surface area contributed by atoms with E-state index in [0.29, 0.717) is 28.3 Å². The Morgan fingerprint density at radius 1 is 1.07 bits per heavy atom. The fraction of sp³-hybridized carbons (Fsp3) is 0.333. The van der Waals surface area contributed by atoms with Gasteiger partial charge in [0.2, 0.25) is 5.91 Å². The van der Waals surface area contributed by atoms with E-state index in [9.17, 15) is 19.2 Å². The monoisotopic (exact) mass is 415 g/mol. The lowest BCUT2D eigenvalue weighted by molar-refractivity contribution is -0.126. The Morgan fingerprint density at radius 2 is 1.77 bits per heavy atom. The third-order valence-corrected chi connectivity index (χ3v) is 4.40. The van der Waals surface area contributed by atoms with E-state index < -0.39 is 24.4 Å². The summed E-state index contributed by atoms with van der Waals surface area (Å²) in [5.74, 6) is -1.53. The van der Waals surface area contributed by atoms with Gasteiger partial charge in [0, 0.05) is 11.3 Å². The van der Waals surface area contributed by atoms with Crippen molar-refractivity contribution in [3.8, 4) is 5.75 Å². The summed E-state index contributed by atoms with van der Waals surface area (Å²) in [6.45, 7) is 5.71. The molecule has 0 radical (unpaired) electrons. The van der Waals surface area contributed by atoms with Crippen molar-refractivity contribution in [1.29, 1.82) is 0 Å². The molecule has 0 aliphatic carbocycles. The lowest BCUT2D eigenvalue weighted by Crippen LogP contribution is -2.35. The Kier molecular flexibility index (Phi) is 7.35. The molecule has 0 atom stereocenters. The lowest BCUT2D eigenvalue weighted by Gasteiger charge is -2.11. The number of methoxy groups -OCH3 is 1. The molecule has 0 spiro atoms. The van der Waals surface area contributed by atoms with Crippen LogP contribution in [-0.2, 0) is 14.3 Å². The van der Waals surface area contributed by atoms with Gasteiger partial charge >= 0.3 is 5.97 Å². The zero-order valence-electron chi connectivity index (χ0n) is 17.6. The fourth-order valence-corrected chi connectivity index (χ4v) is 3.03. The number of ether oxygens (including phenoxy) is 2. The molecule has 9 nitrogen and oxygen atoms in total. The largest absolute Gasteiger partial charge is 0.495 e. The highest BCUT2D eigenvalue weighted by molar-refractivity contribution is 6.01. The molecule has 0 aliphatic heterocycles. The number of aryl methyl sites for hydroxylation is 2. The second-order valence-corrected chi connectivity index (χ2v) is 6.79. The van der Waals surface area contributed by atoms with Crippen LogP contribution in [0.1, 0.15) is 44.6 Å². The van der Waals surface area contributed by atoms with E-state index in [1.54, 1.807) is 26.0 Å². The summed E-state index contributed by atoms with van der Waals surface area (Å²) in [5, 5.41) is 5.03. The van der Waals surface area contributed by atoms with E-state index in [2.05, 4.69) is 15.6 Å². The van der Waals surface area contributed by atoms with Gasteiger partial charge in [-0.2, -0.15) is 0 Å². The van der Waals surface area contributed by atoms with Crippen molar-refractivity contribution < 1.29 is 28.7 Å². The number of ketones is 1. The molecule has 3 N–H and O–H groups in total. The summed E-state index contributed by atoms with van der Waals surface area (Å²) in [7, 11) is 1.49. The first kappa shape index (κ1) is 22.7. The first-order valence-electron chi connectivity index (χ1n) is 9.22. The highest BCUT2D eigenvalue weighted by Crippen LogP contribution is 2.25.